The summed E-state index contributed by atoms with van der Waals surface area (Å²) in [6, 6.07) is 10.1. The number of carbonyl (C=O) groups excluding carboxylic acids is 1. The number of piperazine rings is 1. The van der Waals surface area contributed by atoms with Crippen LogP contribution < -0.4 is 15.1 Å². The minimum Gasteiger partial charge on any atom is -0.368 e. The number of nitro benzene ring substituents is 1. The Morgan fingerprint density at radius 2 is 1.76 bits per heavy atom. The van der Waals surface area contributed by atoms with E-state index in [4.69, 9.17) is 0 Å². The summed E-state index contributed by atoms with van der Waals surface area (Å²) in [5.41, 5.74) is 1.61. The van der Waals surface area contributed by atoms with Crippen LogP contribution >= 0.6 is 0 Å². The van der Waals surface area contributed by atoms with Gasteiger partial charge in [-0.3, -0.25) is 14.9 Å². The maximum atomic E-state index is 12.0. The Balaban J connectivity index is 1.70. The van der Waals surface area contributed by atoms with Gasteiger partial charge in [-0.25, -0.2) is 4.98 Å². The first-order valence-corrected chi connectivity index (χ1v) is 8.01. The number of nitro groups is 1. The second-order valence-electron chi connectivity index (χ2n) is 5.70. The quantitative estimate of drug-likeness (QED) is 0.672. The van der Waals surface area contributed by atoms with E-state index in [2.05, 4.69) is 20.1 Å². The van der Waals surface area contributed by atoms with Gasteiger partial charge in [0.25, 0.3) is 11.6 Å². The SMILES string of the molecule is CNC(=O)c1cccnc1N1CCN(c2ccc([N+](=O)[O-])cc2)CC1. The number of hydrogen-bond acceptors (Lipinski definition) is 6. The zero-order valence-electron chi connectivity index (χ0n) is 13.9. The molecule has 0 bridgehead atoms. The van der Waals surface area contributed by atoms with E-state index in [-0.39, 0.29) is 11.6 Å². The molecule has 2 aromatic rings. The molecule has 1 aliphatic heterocycles. The smallest absolute Gasteiger partial charge is 0.269 e. The molecule has 1 saturated heterocycles. The van der Waals surface area contributed by atoms with Crippen molar-refractivity contribution < 1.29 is 9.72 Å². The van der Waals surface area contributed by atoms with Crippen molar-refractivity contribution in [2.75, 3.05) is 43.0 Å². The van der Waals surface area contributed by atoms with Crippen LogP contribution in [0.2, 0.25) is 0 Å². The zero-order valence-corrected chi connectivity index (χ0v) is 13.9. The Bertz CT molecular complexity index is 770. The Kier molecular flexibility index (Phi) is 4.78. The third-order valence-electron chi connectivity index (χ3n) is 4.26. The van der Waals surface area contributed by atoms with E-state index in [1.807, 2.05) is 0 Å². The third kappa shape index (κ3) is 3.52. The molecule has 1 aromatic heterocycles. The molecule has 0 atom stereocenters. The van der Waals surface area contributed by atoms with Crippen LogP contribution in [0.4, 0.5) is 17.2 Å². The van der Waals surface area contributed by atoms with Crippen LogP contribution in [0.5, 0.6) is 0 Å². The number of nitrogens with one attached hydrogen (secondary N) is 1. The van der Waals surface area contributed by atoms with Crippen LogP contribution in [0.3, 0.4) is 0 Å². The molecule has 2 heterocycles. The molecule has 1 N–H and O–H groups in total. The summed E-state index contributed by atoms with van der Waals surface area (Å²) >= 11 is 0. The standard InChI is InChI=1S/C17H19N5O3/c1-18-17(23)15-3-2-8-19-16(15)21-11-9-20(10-12-21)13-4-6-14(7-5-13)22(24)25/h2-8H,9-12H2,1H3,(H,18,23). The van der Waals surface area contributed by atoms with Gasteiger partial charge in [0.15, 0.2) is 0 Å². The number of non-ortho nitro benzene ring substituents is 1. The molecule has 0 unspecified atom stereocenters. The van der Waals surface area contributed by atoms with E-state index in [1.165, 1.54) is 12.1 Å². The van der Waals surface area contributed by atoms with Crippen molar-refractivity contribution in [2.45, 2.75) is 0 Å². The highest BCUT2D eigenvalue weighted by Crippen LogP contribution is 2.23. The van der Waals surface area contributed by atoms with E-state index in [1.54, 1.807) is 37.5 Å². The van der Waals surface area contributed by atoms with E-state index in [9.17, 15) is 14.9 Å². The van der Waals surface area contributed by atoms with Crippen molar-refractivity contribution >= 4 is 23.1 Å². The van der Waals surface area contributed by atoms with Crippen molar-refractivity contribution in [1.82, 2.24) is 10.3 Å². The summed E-state index contributed by atoms with van der Waals surface area (Å²) in [6.45, 7) is 2.94. The van der Waals surface area contributed by atoms with Gasteiger partial charge in [0.05, 0.1) is 10.5 Å². The number of benzene rings is 1. The summed E-state index contributed by atoms with van der Waals surface area (Å²) in [6.07, 6.45) is 1.68. The van der Waals surface area contributed by atoms with Gasteiger partial charge < -0.3 is 15.1 Å². The van der Waals surface area contributed by atoms with Crippen molar-refractivity contribution in [3.8, 4) is 0 Å². The topological polar surface area (TPSA) is 91.6 Å². The number of amides is 1. The molecule has 0 spiro atoms. The van der Waals surface area contributed by atoms with E-state index < -0.39 is 4.92 Å². The van der Waals surface area contributed by atoms with Gasteiger partial charge in [-0.1, -0.05) is 0 Å². The van der Waals surface area contributed by atoms with E-state index in [0.29, 0.717) is 11.4 Å². The molecule has 1 aromatic carbocycles. The molecule has 0 radical (unpaired) electrons. The van der Waals surface area contributed by atoms with Crippen LogP contribution in [-0.4, -0.2) is 49.0 Å². The monoisotopic (exact) mass is 341 g/mol. The zero-order chi connectivity index (χ0) is 17.8. The molecule has 25 heavy (non-hydrogen) atoms. The fourth-order valence-electron chi connectivity index (χ4n) is 2.92. The predicted octanol–water partition coefficient (Wildman–Crippen LogP) is 1.68. The van der Waals surface area contributed by atoms with Crippen molar-refractivity contribution in [1.29, 1.82) is 0 Å². The lowest BCUT2D eigenvalue weighted by atomic mass is 10.2. The van der Waals surface area contributed by atoms with Gasteiger partial charge in [-0.05, 0) is 24.3 Å². The highest BCUT2D eigenvalue weighted by Gasteiger charge is 2.22. The van der Waals surface area contributed by atoms with Crippen LogP contribution in [0.1, 0.15) is 10.4 Å². The molecule has 8 heteroatoms. The molecule has 130 valence electrons. The minimum atomic E-state index is -0.400. The number of aromatic nitrogens is 1. The minimum absolute atomic E-state index is 0.0890. The number of hydrogen-bond donors (Lipinski definition) is 1. The Hall–Kier alpha value is -3.16. The summed E-state index contributed by atoms with van der Waals surface area (Å²) in [7, 11) is 1.60. The first-order chi connectivity index (χ1) is 12.1. The van der Waals surface area contributed by atoms with Gasteiger partial charge in [0.1, 0.15) is 5.82 Å². The Morgan fingerprint density at radius 1 is 1.12 bits per heavy atom. The highest BCUT2D eigenvalue weighted by molar-refractivity contribution is 5.98. The lowest BCUT2D eigenvalue weighted by Crippen LogP contribution is -2.47. The Labute approximate surface area is 145 Å². The van der Waals surface area contributed by atoms with Crippen molar-refractivity contribution in [3.63, 3.8) is 0 Å². The molecule has 3 rings (SSSR count). The first-order valence-electron chi connectivity index (χ1n) is 8.01. The Morgan fingerprint density at radius 3 is 2.36 bits per heavy atom. The van der Waals surface area contributed by atoms with Crippen LogP contribution in [0.15, 0.2) is 42.6 Å². The molecule has 0 saturated carbocycles. The first kappa shape index (κ1) is 16.7. The average molecular weight is 341 g/mol. The lowest BCUT2D eigenvalue weighted by Gasteiger charge is -2.37. The van der Waals surface area contributed by atoms with Crippen LogP contribution in [-0.2, 0) is 0 Å². The van der Waals surface area contributed by atoms with Crippen LogP contribution in [0, 0.1) is 10.1 Å². The molecule has 1 amide bonds. The average Bonchev–Trinajstić information content (AvgIpc) is 2.67. The molecular weight excluding hydrogens is 322 g/mol. The second-order valence-corrected chi connectivity index (χ2v) is 5.70. The molecule has 1 fully saturated rings. The fourth-order valence-corrected chi connectivity index (χ4v) is 2.92. The number of anilines is 2. The normalized spacial score (nSPS) is 14.3. The van der Waals surface area contributed by atoms with Crippen LogP contribution in [0.25, 0.3) is 0 Å². The lowest BCUT2D eigenvalue weighted by molar-refractivity contribution is -0.384. The summed E-state index contributed by atoms with van der Waals surface area (Å²) in [5.74, 6) is 0.533. The largest absolute Gasteiger partial charge is 0.368 e. The summed E-state index contributed by atoms with van der Waals surface area (Å²) in [4.78, 5) is 31.0. The van der Waals surface area contributed by atoms with E-state index >= 15 is 0 Å². The number of carbonyl (C=O) groups is 1. The van der Waals surface area contributed by atoms with Crippen molar-refractivity contribution in [2.24, 2.45) is 0 Å². The molecular formula is C17H19N5O3. The maximum absolute atomic E-state index is 12.0. The van der Waals surface area contributed by atoms with Gasteiger partial charge >= 0.3 is 0 Å². The van der Waals surface area contributed by atoms with Crippen molar-refractivity contribution in [3.05, 3.63) is 58.3 Å². The van der Waals surface area contributed by atoms with Gasteiger partial charge in [0, 0.05) is 57.2 Å². The van der Waals surface area contributed by atoms with Gasteiger partial charge in [-0.2, -0.15) is 0 Å². The molecule has 0 aliphatic carbocycles. The maximum Gasteiger partial charge on any atom is 0.269 e. The highest BCUT2D eigenvalue weighted by atomic mass is 16.6. The number of rotatable bonds is 4. The predicted molar refractivity (Wildman–Crippen MR) is 95.1 cm³/mol. The second kappa shape index (κ2) is 7.16. The van der Waals surface area contributed by atoms with Gasteiger partial charge in [0.2, 0.25) is 0 Å². The third-order valence-corrected chi connectivity index (χ3v) is 4.26. The number of pyridine rings is 1. The summed E-state index contributed by atoms with van der Waals surface area (Å²) < 4.78 is 0. The summed E-state index contributed by atoms with van der Waals surface area (Å²) in [5, 5.41) is 13.4. The van der Waals surface area contributed by atoms with E-state index in [0.717, 1.165) is 31.9 Å². The van der Waals surface area contributed by atoms with Gasteiger partial charge in [-0.15, -0.1) is 0 Å². The fraction of sp³-hybridized carbons (Fsp3) is 0.294. The number of nitrogens with zero attached hydrogens (tertiary/aromatic N) is 4. The molecule has 1 aliphatic rings. The molecule has 8 nitrogen and oxygen atoms in total.